The Morgan fingerprint density at radius 2 is 1.65 bits per heavy atom. The van der Waals surface area contributed by atoms with Gasteiger partial charge in [0.05, 0.1) is 0 Å². The Hall–Kier alpha value is -2.23. The Labute approximate surface area is 119 Å². The summed E-state index contributed by atoms with van der Waals surface area (Å²) in [5.41, 5.74) is 2.90. The van der Waals surface area contributed by atoms with Gasteiger partial charge >= 0.3 is 0 Å². The van der Waals surface area contributed by atoms with Crippen molar-refractivity contribution in [2.75, 3.05) is 18.0 Å². The number of anilines is 1. The first kappa shape index (κ1) is 12.8. The van der Waals surface area contributed by atoms with E-state index in [9.17, 15) is 0 Å². The molecule has 1 aliphatic rings. The summed E-state index contributed by atoms with van der Waals surface area (Å²) in [6.07, 6.45) is 8.07. The van der Waals surface area contributed by atoms with Gasteiger partial charge in [0.2, 0.25) is 0 Å². The molecule has 4 nitrogen and oxygen atoms in total. The van der Waals surface area contributed by atoms with E-state index in [1.165, 1.54) is 12.8 Å². The second-order valence-corrected chi connectivity index (χ2v) is 5.17. The monoisotopic (exact) mass is 266 g/mol. The highest BCUT2D eigenvalue weighted by atomic mass is 15.2. The molecule has 4 heteroatoms. The molecule has 1 fully saturated rings. The first-order valence-electron chi connectivity index (χ1n) is 6.93. The van der Waals surface area contributed by atoms with E-state index in [4.69, 9.17) is 0 Å². The van der Waals surface area contributed by atoms with Crippen molar-refractivity contribution in [1.82, 2.24) is 15.0 Å². The largest absolute Gasteiger partial charge is 0.357 e. The predicted molar refractivity (Wildman–Crippen MR) is 81.4 cm³/mol. The molecule has 102 valence electrons. The molecule has 0 saturated carbocycles. The molecule has 3 heterocycles. The number of aromatic nitrogens is 3. The summed E-state index contributed by atoms with van der Waals surface area (Å²) in [7, 11) is 0. The van der Waals surface area contributed by atoms with Gasteiger partial charge in [-0.1, -0.05) is 6.58 Å². The van der Waals surface area contributed by atoms with Crippen LogP contribution in [0.1, 0.15) is 25.6 Å². The number of nitrogens with zero attached hydrogens (tertiary/aromatic N) is 4. The fraction of sp³-hybridized carbons (Fsp3) is 0.312. The van der Waals surface area contributed by atoms with Crippen LogP contribution in [0.4, 0.5) is 5.82 Å². The molecule has 1 aliphatic heterocycles. The van der Waals surface area contributed by atoms with Gasteiger partial charge in [-0.3, -0.25) is 0 Å². The number of rotatable bonds is 3. The first-order valence-corrected chi connectivity index (χ1v) is 6.93. The van der Waals surface area contributed by atoms with Gasteiger partial charge in [-0.15, -0.1) is 0 Å². The Balaban J connectivity index is 1.81. The lowest BCUT2D eigenvalue weighted by Crippen LogP contribution is -2.18. The van der Waals surface area contributed by atoms with Crippen LogP contribution in [0.5, 0.6) is 0 Å². The zero-order valence-electron chi connectivity index (χ0n) is 11.7. The molecular weight excluding hydrogens is 248 g/mol. The lowest BCUT2D eigenvalue weighted by Gasteiger charge is -2.16. The van der Waals surface area contributed by atoms with E-state index in [-0.39, 0.29) is 0 Å². The van der Waals surface area contributed by atoms with Gasteiger partial charge in [-0.05, 0) is 37.5 Å². The molecule has 0 N–H and O–H groups in total. The van der Waals surface area contributed by atoms with Crippen LogP contribution in [0.3, 0.4) is 0 Å². The van der Waals surface area contributed by atoms with Gasteiger partial charge in [0.25, 0.3) is 0 Å². The number of hydrogen-bond acceptors (Lipinski definition) is 4. The predicted octanol–water partition coefficient (Wildman–Crippen LogP) is 3.17. The van der Waals surface area contributed by atoms with E-state index in [0.29, 0.717) is 5.82 Å². The van der Waals surface area contributed by atoms with Crippen LogP contribution in [0.15, 0.2) is 37.3 Å². The average Bonchev–Trinajstić information content (AvgIpc) is 3.02. The highest BCUT2D eigenvalue weighted by Gasteiger charge is 2.13. The summed E-state index contributed by atoms with van der Waals surface area (Å²) in [5.74, 6) is 1.75. The van der Waals surface area contributed by atoms with Crippen LogP contribution in [0.25, 0.3) is 16.7 Å². The molecule has 0 aliphatic carbocycles. The Morgan fingerprint density at radius 3 is 2.20 bits per heavy atom. The van der Waals surface area contributed by atoms with E-state index in [2.05, 4.69) is 38.6 Å². The van der Waals surface area contributed by atoms with E-state index >= 15 is 0 Å². The number of hydrogen-bond donors (Lipinski definition) is 0. The molecule has 0 unspecified atom stereocenters. The molecular formula is C16H18N4. The summed E-state index contributed by atoms with van der Waals surface area (Å²) in [5, 5.41) is 0. The topological polar surface area (TPSA) is 41.9 Å². The standard InChI is InChI=1S/C16H18N4/c1-12(2)16-18-10-14(11-19-16)13-5-6-15(17-9-13)20-7-3-4-8-20/h5-6,9-11H,1,3-4,7-8H2,2H3. The highest BCUT2D eigenvalue weighted by Crippen LogP contribution is 2.22. The minimum absolute atomic E-state index is 0.690. The summed E-state index contributed by atoms with van der Waals surface area (Å²) in [6, 6.07) is 4.16. The fourth-order valence-electron chi connectivity index (χ4n) is 2.39. The minimum atomic E-state index is 0.690. The SMILES string of the molecule is C=C(C)c1ncc(-c2ccc(N3CCCC3)nc2)cn1. The van der Waals surface area contributed by atoms with Crippen molar-refractivity contribution in [3.63, 3.8) is 0 Å². The molecule has 0 aromatic carbocycles. The van der Waals surface area contributed by atoms with Crippen LogP contribution in [-0.4, -0.2) is 28.0 Å². The summed E-state index contributed by atoms with van der Waals surface area (Å²) in [6.45, 7) is 7.97. The molecule has 20 heavy (non-hydrogen) atoms. The summed E-state index contributed by atoms with van der Waals surface area (Å²) < 4.78 is 0. The van der Waals surface area contributed by atoms with Gasteiger partial charge in [0.15, 0.2) is 5.82 Å². The Morgan fingerprint density at radius 1 is 1.00 bits per heavy atom. The van der Waals surface area contributed by atoms with Gasteiger partial charge in [0.1, 0.15) is 5.82 Å². The molecule has 1 saturated heterocycles. The quantitative estimate of drug-likeness (QED) is 0.855. The third-order valence-electron chi connectivity index (χ3n) is 3.54. The highest BCUT2D eigenvalue weighted by molar-refractivity contribution is 5.63. The van der Waals surface area contributed by atoms with Crippen LogP contribution >= 0.6 is 0 Å². The fourth-order valence-corrected chi connectivity index (χ4v) is 2.39. The Kier molecular flexibility index (Phi) is 3.46. The number of pyridine rings is 1. The second kappa shape index (κ2) is 5.41. The van der Waals surface area contributed by atoms with Crippen molar-refractivity contribution in [3.8, 4) is 11.1 Å². The smallest absolute Gasteiger partial charge is 0.154 e. The third-order valence-corrected chi connectivity index (χ3v) is 3.54. The maximum absolute atomic E-state index is 4.55. The summed E-state index contributed by atoms with van der Waals surface area (Å²) >= 11 is 0. The van der Waals surface area contributed by atoms with Gasteiger partial charge in [-0.2, -0.15) is 0 Å². The molecule has 0 bridgehead atoms. The van der Waals surface area contributed by atoms with Crippen LogP contribution in [0, 0.1) is 0 Å². The van der Waals surface area contributed by atoms with Crippen molar-refractivity contribution in [2.45, 2.75) is 19.8 Å². The molecule has 3 rings (SSSR count). The van der Waals surface area contributed by atoms with E-state index < -0.39 is 0 Å². The zero-order valence-corrected chi connectivity index (χ0v) is 11.7. The lowest BCUT2D eigenvalue weighted by molar-refractivity contribution is 0.938. The molecule has 0 amide bonds. The molecule has 0 radical (unpaired) electrons. The molecule has 2 aromatic rings. The minimum Gasteiger partial charge on any atom is -0.357 e. The van der Waals surface area contributed by atoms with Crippen molar-refractivity contribution in [1.29, 1.82) is 0 Å². The maximum atomic E-state index is 4.55. The Bertz CT molecular complexity index is 595. The van der Waals surface area contributed by atoms with E-state index in [0.717, 1.165) is 35.6 Å². The van der Waals surface area contributed by atoms with Crippen molar-refractivity contribution in [3.05, 3.63) is 43.1 Å². The van der Waals surface area contributed by atoms with Crippen molar-refractivity contribution in [2.24, 2.45) is 0 Å². The zero-order chi connectivity index (χ0) is 13.9. The van der Waals surface area contributed by atoms with Gasteiger partial charge in [0, 0.05) is 42.8 Å². The van der Waals surface area contributed by atoms with Crippen LogP contribution < -0.4 is 4.90 Å². The normalized spacial score (nSPS) is 14.6. The second-order valence-electron chi connectivity index (χ2n) is 5.17. The van der Waals surface area contributed by atoms with Gasteiger partial charge in [-0.25, -0.2) is 15.0 Å². The van der Waals surface area contributed by atoms with E-state index in [1.54, 1.807) is 0 Å². The molecule has 2 aromatic heterocycles. The molecule has 0 spiro atoms. The van der Waals surface area contributed by atoms with Crippen molar-refractivity contribution >= 4 is 11.4 Å². The average molecular weight is 266 g/mol. The van der Waals surface area contributed by atoms with Crippen LogP contribution in [0.2, 0.25) is 0 Å². The third kappa shape index (κ3) is 2.54. The van der Waals surface area contributed by atoms with Crippen LogP contribution in [-0.2, 0) is 0 Å². The maximum Gasteiger partial charge on any atom is 0.154 e. The van der Waals surface area contributed by atoms with Crippen molar-refractivity contribution < 1.29 is 0 Å². The van der Waals surface area contributed by atoms with Gasteiger partial charge < -0.3 is 4.90 Å². The number of allylic oxidation sites excluding steroid dienone is 1. The van der Waals surface area contributed by atoms with E-state index in [1.807, 2.05) is 25.5 Å². The lowest BCUT2D eigenvalue weighted by atomic mass is 10.1. The summed E-state index contributed by atoms with van der Waals surface area (Å²) in [4.78, 5) is 15.5. The molecule has 0 atom stereocenters. The first-order chi connectivity index (χ1) is 9.74.